The minimum absolute atomic E-state index is 0.0983. The maximum Gasteiger partial charge on any atom is 0.231 e. The molecule has 2 aromatic carbocycles. The average molecular weight is 443 g/mol. The van der Waals surface area contributed by atoms with E-state index in [1.54, 1.807) is 13.2 Å². The van der Waals surface area contributed by atoms with Crippen molar-refractivity contribution in [1.29, 1.82) is 0 Å². The molecule has 7 heteroatoms. The van der Waals surface area contributed by atoms with Crippen LogP contribution in [0.15, 0.2) is 36.4 Å². The van der Waals surface area contributed by atoms with E-state index in [-0.39, 0.29) is 19.4 Å². The SMILES string of the molecule is COc1ccc(C(C)NCC(O)COc2ccc3c(c2)OCO3)cc1CN1CCCCC1. The third-order valence-corrected chi connectivity index (χ3v) is 6.09. The molecule has 2 aromatic rings. The number of aliphatic hydroxyl groups is 1. The minimum atomic E-state index is -0.631. The van der Waals surface area contributed by atoms with Crippen LogP contribution in [0.3, 0.4) is 0 Å². The highest BCUT2D eigenvalue weighted by atomic mass is 16.7. The van der Waals surface area contributed by atoms with Crippen molar-refractivity contribution in [2.24, 2.45) is 0 Å². The first kappa shape index (κ1) is 22.7. The molecule has 0 aromatic heterocycles. The van der Waals surface area contributed by atoms with E-state index in [4.69, 9.17) is 18.9 Å². The Bertz CT molecular complexity index is 885. The molecule has 32 heavy (non-hydrogen) atoms. The number of hydrogen-bond donors (Lipinski definition) is 2. The van der Waals surface area contributed by atoms with E-state index in [9.17, 15) is 5.11 Å². The predicted octanol–water partition coefficient (Wildman–Crippen LogP) is 3.50. The quantitative estimate of drug-likeness (QED) is 0.583. The summed E-state index contributed by atoms with van der Waals surface area (Å²) in [5.74, 6) is 2.97. The number of methoxy groups -OCH3 is 1. The second-order valence-electron chi connectivity index (χ2n) is 8.52. The van der Waals surface area contributed by atoms with E-state index in [1.807, 2.05) is 18.2 Å². The molecule has 0 bridgehead atoms. The molecule has 174 valence electrons. The van der Waals surface area contributed by atoms with Gasteiger partial charge in [0.05, 0.1) is 7.11 Å². The second-order valence-corrected chi connectivity index (χ2v) is 8.52. The molecule has 0 spiro atoms. The van der Waals surface area contributed by atoms with Crippen molar-refractivity contribution in [3.63, 3.8) is 0 Å². The molecule has 2 N–H and O–H groups in total. The van der Waals surface area contributed by atoms with Crippen LogP contribution < -0.4 is 24.3 Å². The Morgan fingerprint density at radius 2 is 1.88 bits per heavy atom. The molecular weight excluding hydrogens is 408 g/mol. The summed E-state index contributed by atoms with van der Waals surface area (Å²) in [7, 11) is 1.73. The fourth-order valence-electron chi connectivity index (χ4n) is 4.20. The van der Waals surface area contributed by atoms with E-state index in [0.717, 1.165) is 25.4 Å². The summed E-state index contributed by atoms with van der Waals surface area (Å²) < 4.78 is 22.0. The van der Waals surface area contributed by atoms with Crippen molar-refractivity contribution >= 4 is 0 Å². The Kier molecular flexibility index (Phi) is 7.73. The van der Waals surface area contributed by atoms with Crippen molar-refractivity contribution in [2.45, 2.75) is 44.9 Å². The maximum absolute atomic E-state index is 10.4. The van der Waals surface area contributed by atoms with Crippen LogP contribution in [-0.4, -0.2) is 56.3 Å². The topological polar surface area (TPSA) is 72.4 Å². The molecule has 0 aliphatic carbocycles. The highest BCUT2D eigenvalue weighted by Crippen LogP contribution is 2.35. The van der Waals surface area contributed by atoms with E-state index >= 15 is 0 Å². The van der Waals surface area contributed by atoms with E-state index < -0.39 is 6.10 Å². The van der Waals surface area contributed by atoms with Crippen molar-refractivity contribution < 1.29 is 24.1 Å². The number of nitrogens with one attached hydrogen (secondary N) is 1. The number of rotatable bonds is 10. The summed E-state index contributed by atoms with van der Waals surface area (Å²) in [5, 5.41) is 13.8. The van der Waals surface area contributed by atoms with Gasteiger partial charge in [-0.15, -0.1) is 0 Å². The van der Waals surface area contributed by atoms with Gasteiger partial charge >= 0.3 is 0 Å². The highest BCUT2D eigenvalue weighted by molar-refractivity contribution is 5.46. The van der Waals surface area contributed by atoms with E-state index in [1.165, 1.54) is 30.4 Å². The Balaban J connectivity index is 1.28. The van der Waals surface area contributed by atoms with Gasteiger partial charge in [-0.05, 0) is 62.7 Å². The van der Waals surface area contributed by atoms with Gasteiger partial charge < -0.3 is 29.4 Å². The van der Waals surface area contributed by atoms with Gasteiger partial charge in [-0.3, -0.25) is 4.90 Å². The van der Waals surface area contributed by atoms with Crippen molar-refractivity contribution in [3.8, 4) is 23.0 Å². The Morgan fingerprint density at radius 1 is 1.06 bits per heavy atom. The van der Waals surface area contributed by atoms with Crippen LogP contribution in [0.4, 0.5) is 0 Å². The van der Waals surface area contributed by atoms with Crippen LogP contribution >= 0.6 is 0 Å². The number of aliphatic hydroxyl groups excluding tert-OH is 1. The number of piperidine rings is 1. The number of benzene rings is 2. The molecule has 1 saturated heterocycles. The maximum atomic E-state index is 10.4. The fraction of sp³-hybridized carbons (Fsp3) is 0.520. The fourth-order valence-corrected chi connectivity index (χ4v) is 4.20. The number of nitrogens with zero attached hydrogens (tertiary/aromatic N) is 1. The van der Waals surface area contributed by atoms with Crippen LogP contribution in [-0.2, 0) is 6.54 Å². The smallest absolute Gasteiger partial charge is 0.231 e. The molecule has 2 atom stereocenters. The molecule has 4 rings (SSSR count). The first-order chi connectivity index (χ1) is 15.6. The summed E-state index contributed by atoms with van der Waals surface area (Å²) in [6.45, 7) is 6.18. The zero-order valence-corrected chi connectivity index (χ0v) is 19.0. The van der Waals surface area contributed by atoms with E-state index in [0.29, 0.717) is 23.8 Å². The van der Waals surface area contributed by atoms with Gasteiger partial charge in [-0.1, -0.05) is 12.5 Å². The Hall–Kier alpha value is -2.48. The summed E-state index contributed by atoms with van der Waals surface area (Å²) in [6.07, 6.45) is 3.24. The number of hydrogen-bond acceptors (Lipinski definition) is 7. The van der Waals surface area contributed by atoms with Crippen LogP contribution in [0, 0.1) is 0 Å². The summed E-state index contributed by atoms with van der Waals surface area (Å²) in [4.78, 5) is 2.50. The third kappa shape index (κ3) is 5.85. The Morgan fingerprint density at radius 3 is 2.69 bits per heavy atom. The summed E-state index contributed by atoms with van der Waals surface area (Å²) in [6, 6.07) is 11.9. The van der Waals surface area contributed by atoms with Crippen LogP contribution in [0.5, 0.6) is 23.0 Å². The lowest BCUT2D eigenvalue weighted by Crippen LogP contribution is -2.33. The van der Waals surface area contributed by atoms with Crippen LogP contribution in [0.1, 0.15) is 43.4 Å². The zero-order valence-electron chi connectivity index (χ0n) is 19.0. The largest absolute Gasteiger partial charge is 0.496 e. The van der Waals surface area contributed by atoms with Gasteiger partial charge in [-0.2, -0.15) is 0 Å². The first-order valence-electron chi connectivity index (χ1n) is 11.5. The van der Waals surface area contributed by atoms with Gasteiger partial charge in [0.2, 0.25) is 6.79 Å². The lowest BCUT2D eigenvalue weighted by Gasteiger charge is -2.27. The van der Waals surface area contributed by atoms with E-state index in [2.05, 4.69) is 29.3 Å². The van der Waals surface area contributed by atoms with Crippen molar-refractivity contribution in [1.82, 2.24) is 10.2 Å². The van der Waals surface area contributed by atoms with Crippen LogP contribution in [0.2, 0.25) is 0 Å². The van der Waals surface area contributed by atoms with Gasteiger partial charge in [0.1, 0.15) is 24.2 Å². The summed E-state index contributed by atoms with van der Waals surface area (Å²) >= 11 is 0. The van der Waals surface area contributed by atoms with Crippen molar-refractivity contribution in [2.75, 3.05) is 40.1 Å². The van der Waals surface area contributed by atoms with Crippen molar-refractivity contribution in [3.05, 3.63) is 47.5 Å². The predicted molar refractivity (Wildman–Crippen MR) is 123 cm³/mol. The Labute approximate surface area is 190 Å². The molecule has 7 nitrogen and oxygen atoms in total. The molecule has 0 radical (unpaired) electrons. The van der Waals surface area contributed by atoms with Gasteiger partial charge in [0.25, 0.3) is 0 Å². The lowest BCUT2D eigenvalue weighted by atomic mass is 10.0. The molecule has 2 heterocycles. The minimum Gasteiger partial charge on any atom is -0.496 e. The monoisotopic (exact) mass is 442 g/mol. The van der Waals surface area contributed by atoms with Gasteiger partial charge in [0.15, 0.2) is 11.5 Å². The number of likely N-dealkylation sites (tertiary alicyclic amines) is 1. The molecule has 2 aliphatic heterocycles. The standard InChI is InChI=1S/C25H34N2O5/c1-18(19-6-8-23(29-2)20(12-19)15-27-10-4-3-5-11-27)26-14-21(28)16-30-22-7-9-24-25(13-22)32-17-31-24/h6-9,12-13,18,21,26,28H,3-5,10-11,14-17H2,1-2H3. The number of ether oxygens (including phenoxy) is 4. The number of fused-ring (bicyclic) bond motifs is 1. The first-order valence-corrected chi connectivity index (χ1v) is 11.5. The summed E-state index contributed by atoms with van der Waals surface area (Å²) in [5.41, 5.74) is 2.40. The lowest BCUT2D eigenvalue weighted by molar-refractivity contribution is 0.104. The molecule has 2 aliphatic rings. The normalized spacial score (nSPS) is 17.7. The molecule has 1 fully saturated rings. The highest BCUT2D eigenvalue weighted by Gasteiger charge is 2.17. The molecule has 0 amide bonds. The van der Waals surface area contributed by atoms with Crippen LogP contribution in [0.25, 0.3) is 0 Å². The third-order valence-electron chi connectivity index (χ3n) is 6.09. The average Bonchev–Trinajstić information content (AvgIpc) is 3.30. The molecule has 2 unspecified atom stereocenters. The second kappa shape index (κ2) is 10.9. The molecule has 0 saturated carbocycles. The molecular formula is C25H34N2O5. The zero-order chi connectivity index (χ0) is 22.3. The van der Waals surface area contributed by atoms with Gasteiger partial charge in [0, 0.05) is 30.8 Å². The van der Waals surface area contributed by atoms with Gasteiger partial charge in [-0.25, -0.2) is 0 Å².